The summed E-state index contributed by atoms with van der Waals surface area (Å²) in [7, 11) is 0. The van der Waals surface area contributed by atoms with Crippen LogP contribution >= 0.6 is 15.9 Å². The third-order valence-corrected chi connectivity index (χ3v) is 4.93. The fourth-order valence-electron chi connectivity index (χ4n) is 3.16. The molecule has 0 aromatic heterocycles. The van der Waals surface area contributed by atoms with E-state index in [9.17, 15) is 9.90 Å². The molecule has 0 aliphatic rings. The number of carbonyl (C=O) groups excluding carboxylic acids is 1. The van der Waals surface area contributed by atoms with Gasteiger partial charge in [0.15, 0.2) is 0 Å². The summed E-state index contributed by atoms with van der Waals surface area (Å²) >= 11 is 3.47. The smallest absolute Gasteiger partial charge is 0.255 e. The molecular weight excluding hydrogens is 402 g/mol. The number of rotatable bonds is 3. The molecule has 0 saturated heterocycles. The number of anilines is 1. The van der Waals surface area contributed by atoms with Gasteiger partial charge in [0.2, 0.25) is 0 Å². The van der Waals surface area contributed by atoms with Crippen LogP contribution < -0.4 is 5.32 Å². The SMILES string of the molecule is O=C(Nc1ccc2ccccc2c1-c1cc(Br)ccc1O)c1ccccc1. The molecule has 0 heterocycles. The van der Waals surface area contributed by atoms with E-state index in [0.29, 0.717) is 16.8 Å². The summed E-state index contributed by atoms with van der Waals surface area (Å²) in [6.45, 7) is 0. The van der Waals surface area contributed by atoms with Crippen LogP contribution in [0.2, 0.25) is 0 Å². The number of phenols is 1. The van der Waals surface area contributed by atoms with E-state index in [0.717, 1.165) is 20.8 Å². The molecule has 27 heavy (non-hydrogen) atoms. The van der Waals surface area contributed by atoms with Gasteiger partial charge in [-0.15, -0.1) is 0 Å². The van der Waals surface area contributed by atoms with Crippen LogP contribution in [0, 0.1) is 0 Å². The Balaban J connectivity index is 1.91. The standard InChI is InChI=1S/C23H16BrNO2/c24-17-11-13-21(26)19(14-17)22-18-9-5-4-6-15(18)10-12-20(22)25-23(27)16-7-2-1-3-8-16/h1-14,26H,(H,25,27). The highest BCUT2D eigenvalue weighted by atomic mass is 79.9. The number of benzene rings is 4. The van der Waals surface area contributed by atoms with Gasteiger partial charge in [-0.1, -0.05) is 64.5 Å². The van der Waals surface area contributed by atoms with Gasteiger partial charge in [0.1, 0.15) is 5.75 Å². The van der Waals surface area contributed by atoms with Gasteiger partial charge in [0.05, 0.1) is 0 Å². The zero-order valence-electron chi connectivity index (χ0n) is 14.3. The van der Waals surface area contributed by atoms with Gasteiger partial charge in [-0.25, -0.2) is 0 Å². The van der Waals surface area contributed by atoms with Crippen molar-refractivity contribution in [2.24, 2.45) is 0 Å². The quantitative estimate of drug-likeness (QED) is 0.415. The van der Waals surface area contributed by atoms with Crippen molar-refractivity contribution in [3.05, 3.63) is 95.0 Å². The molecule has 0 saturated carbocycles. The molecule has 4 aromatic rings. The summed E-state index contributed by atoms with van der Waals surface area (Å²) in [4.78, 5) is 12.7. The molecule has 4 rings (SSSR count). The van der Waals surface area contributed by atoms with E-state index in [1.54, 1.807) is 24.3 Å². The molecule has 0 aliphatic heterocycles. The first-order chi connectivity index (χ1) is 13.1. The lowest BCUT2D eigenvalue weighted by Crippen LogP contribution is -2.12. The van der Waals surface area contributed by atoms with Crippen LogP contribution in [0.4, 0.5) is 5.69 Å². The average molecular weight is 418 g/mol. The second-order valence-corrected chi connectivity index (χ2v) is 7.11. The maximum Gasteiger partial charge on any atom is 0.255 e. The first-order valence-electron chi connectivity index (χ1n) is 8.50. The van der Waals surface area contributed by atoms with Gasteiger partial charge in [0, 0.05) is 26.9 Å². The molecular formula is C23H16BrNO2. The van der Waals surface area contributed by atoms with Crippen LogP contribution in [0.3, 0.4) is 0 Å². The number of fused-ring (bicyclic) bond motifs is 1. The molecule has 0 spiro atoms. The van der Waals surface area contributed by atoms with E-state index in [2.05, 4.69) is 21.2 Å². The first kappa shape index (κ1) is 17.3. The summed E-state index contributed by atoms with van der Waals surface area (Å²) in [6.07, 6.45) is 0. The van der Waals surface area contributed by atoms with Crippen molar-refractivity contribution in [2.45, 2.75) is 0 Å². The zero-order valence-corrected chi connectivity index (χ0v) is 15.9. The molecule has 4 heteroatoms. The molecule has 0 bridgehead atoms. The molecule has 0 radical (unpaired) electrons. The third kappa shape index (κ3) is 3.44. The van der Waals surface area contributed by atoms with Crippen LogP contribution in [-0.4, -0.2) is 11.0 Å². The predicted molar refractivity (Wildman–Crippen MR) is 113 cm³/mol. The summed E-state index contributed by atoms with van der Waals surface area (Å²) in [6, 6.07) is 26.1. The Morgan fingerprint density at radius 2 is 1.59 bits per heavy atom. The van der Waals surface area contributed by atoms with Crippen LogP contribution in [0.1, 0.15) is 10.4 Å². The second kappa shape index (κ2) is 7.25. The molecule has 0 fully saturated rings. The Bertz CT molecular complexity index is 1140. The topological polar surface area (TPSA) is 49.3 Å². The van der Waals surface area contributed by atoms with E-state index in [-0.39, 0.29) is 11.7 Å². The lowest BCUT2D eigenvalue weighted by Gasteiger charge is -2.16. The van der Waals surface area contributed by atoms with Gasteiger partial charge in [0.25, 0.3) is 5.91 Å². The Kier molecular flexibility index (Phi) is 4.65. The molecule has 0 unspecified atom stereocenters. The van der Waals surface area contributed by atoms with E-state index in [1.807, 2.05) is 60.7 Å². The number of phenolic OH excluding ortho intramolecular Hbond substituents is 1. The number of amides is 1. The highest BCUT2D eigenvalue weighted by Gasteiger charge is 2.16. The van der Waals surface area contributed by atoms with Gasteiger partial charge >= 0.3 is 0 Å². The van der Waals surface area contributed by atoms with E-state index < -0.39 is 0 Å². The van der Waals surface area contributed by atoms with E-state index >= 15 is 0 Å². The Morgan fingerprint density at radius 3 is 2.41 bits per heavy atom. The predicted octanol–water partition coefficient (Wildman–Crippen LogP) is 6.23. The van der Waals surface area contributed by atoms with Gasteiger partial charge in [-0.2, -0.15) is 0 Å². The minimum Gasteiger partial charge on any atom is -0.507 e. The maximum atomic E-state index is 12.7. The van der Waals surface area contributed by atoms with Crippen molar-refractivity contribution in [1.29, 1.82) is 0 Å². The number of hydrogen-bond acceptors (Lipinski definition) is 2. The maximum absolute atomic E-state index is 12.7. The Labute approximate surface area is 165 Å². The summed E-state index contributed by atoms with van der Waals surface area (Å²) in [5.41, 5.74) is 2.67. The highest BCUT2D eigenvalue weighted by Crippen LogP contribution is 2.41. The minimum absolute atomic E-state index is 0.157. The van der Waals surface area contributed by atoms with E-state index in [4.69, 9.17) is 0 Å². The number of halogens is 1. The lowest BCUT2D eigenvalue weighted by atomic mass is 9.95. The summed E-state index contributed by atoms with van der Waals surface area (Å²) in [5.74, 6) is -0.0358. The highest BCUT2D eigenvalue weighted by molar-refractivity contribution is 9.10. The molecule has 0 aliphatic carbocycles. The van der Waals surface area contributed by atoms with Crippen molar-refractivity contribution in [3.63, 3.8) is 0 Å². The largest absolute Gasteiger partial charge is 0.507 e. The van der Waals surface area contributed by atoms with Crippen LogP contribution in [-0.2, 0) is 0 Å². The Hall–Kier alpha value is -3.11. The molecule has 0 atom stereocenters. The van der Waals surface area contributed by atoms with Crippen LogP contribution in [0.15, 0.2) is 89.4 Å². The average Bonchev–Trinajstić information content (AvgIpc) is 2.70. The number of hydrogen-bond donors (Lipinski definition) is 2. The molecule has 4 aromatic carbocycles. The fourth-order valence-corrected chi connectivity index (χ4v) is 3.52. The summed E-state index contributed by atoms with van der Waals surface area (Å²) < 4.78 is 0.851. The lowest BCUT2D eigenvalue weighted by molar-refractivity contribution is 0.102. The monoisotopic (exact) mass is 417 g/mol. The number of carbonyl (C=O) groups is 1. The molecule has 132 valence electrons. The van der Waals surface area contributed by atoms with Crippen molar-refractivity contribution < 1.29 is 9.90 Å². The van der Waals surface area contributed by atoms with Gasteiger partial charge in [-0.05, 0) is 47.2 Å². The van der Waals surface area contributed by atoms with Crippen molar-refractivity contribution >= 4 is 38.3 Å². The van der Waals surface area contributed by atoms with Crippen molar-refractivity contribution in [2.75, 3.05) is 5.32 Å². The van der Waals surface area contributed by atoms with Gasteiger partial charge < -0.3 is 10.4 Å². The third-order valence-electron chi connectivity index (χ3n) is 4.44. The molecule has 1 amide bonds. The Morgan fingerprint density at radius 1 is 0.852 bits per heavy atom. The van der Waals surface area contributed by atoms with E-state index in [1.165, 1.54) is 0 Å². The minimum atomic E-state index is -0.193. The first-order valence-corrected chi connectivity index (χ1v) is 9.30. The fraction of sp³-hybridized carbons (Fsp3) is 0. The van der Waals surface area contributed by atoms with Crippen molar-refractivity contribution in [1.82, 2.24) is 0 Å². The zero-order chi connectivity index (χ0) is 18.8. The van der Waals surface area contributed by atoms with Crippen molar-refractivity contribution in [3.8, 4) is 16.9 Å². The molecule has 3 nitrogen and oxygen atoms in total. The second-order valence-electron chi connectivity index (χ2n) is 6.19. The number of nitrogens with one attached hydrogen (secondary N) is 1. The summed E-state index contributed by atoms with van der Waals surface area (Å²) in [5, 5.41) is 15.5. The molecule has 2 N–H and O–H groups in total. The number of aromatic hydroxyl groups is 1. The normalized spacial score (nSPS) is 10.7. The van der Waals surface area contributed by atoms with Crippen LogP contribution in [0.5, 0.6) is 5.75 Å². The van der Waals surface area contributed by atoms with Gasteiger partial charge in [-0.3, -0.25) is 4.79 Å². The van der Waals surface area contributed by atoms with Crippen LogP contribution in [0.25, 0.3) is 21.9 Å².